The molecule has 0 fully saturated rings. The molecule has 7 heteroatoms. The molecule has 1 heterocycles. The minimum Gasteiger partial charge on any atom is -0.351 e. The summed E-state index contributed by atoms with van der Waals surface area (Å²) in [5.74, 6) is 0.0352. The molecule has 0 unspecified atom stereocenters. The highest BCUT2D eigenvalue weighted by Gasteiger charge is 2.09. The van der Waals surface area contributed by atoms with Crippen molar-refractivity contribution in [3.8, 4) is 0 Å². The second kappa shape index (κ2) is 8.17. The van der Waals surface area contributed by atoms with Gasteiger partial charge in [-0.3, -0.25) is 9.59 Å². The van der Waals surface area contributed by atoms with Crippen molar-refractivity contribution in [1.82, 2.24) is 15.3 Å². The van der Waals surface area contributed by atoms with E-state index >= 15 is 0 Å². The third kappa shape index (κ3) is 4.84. The van der Waals surface area contributed by atoms with Crippen molar-refractivity contribution in [2.75, 3.05) is 5.75 Å². The number of carbonyl (C=O) groups excluding carboxylic acids is 1. The number of hydrogen-bond acceptors (Lipinski definition) is 4. The molecule has 2 aromatic rings. The lowest BCUT2D eigenvalue weighted by Crippen LogP contribution is -2.25. The molecule has 0 aliphatic rings. The number of rotatable bonds is 6. The number of benzene rings is 1. The lowest BCUT2D eigenvalue weighted by molar-refractivity contribution is -0.118. The summed E-state index contributed by atoms with van der Waals surface area (Å²) in [5, 5.41) is 3.88. The zero-order valence-corrected chi connectivity index (χ0v) is 14.6. The van der Waals surface area contributed by atoms with Crippen molar-refractivity contribution in [1.29, 1.82) is 0 Å². The first-order valence-corrected chi connectivity index (χ1v) is 8.60. The van der Waals surface area contributed by atoms with Crippen LogP contribution in [0.5, 0.6) is 0 Å². The Labute approximate surface area is 143 Å². The molecule has 2 N–H and O–H groups in total. The number of halogens is 1. The first-order valence-electron chi connectivity index (χ1n) is 7.24. The first kappa shape index (κ1) is 17.6. The van der Waals surface area contributed by atoms with Crippen molar-refractivity contribution in [3.05, 3.63) is 56.5 Å². The largest absolute Gasteiger partial charge is 0.351 e. The van der Waals surface area contributed by atoms with E-state index < -0.39 is 0 Å². The Morgan fingerprint density at radius 3 is 2.78 bits per heavy atom. The molecule has 1 aromatic heterocycles. The summed E-state index contributed by atoms with van der Waals surface area (Å²) >= 11 is 7.24. The van der Waals surface area contributed by atoms with Gasteiger partial charge in [-0.15, -0.1) is 0 Å². The molecule has 0 spiro atoms. The van der Waals surface area contributed by atoms with E-state index in [9.17, 15) is 9.59 Å². The zero-order chi connectivity index (χ0) is 16.8. The quantitative estimate of drug-likeness (QED) is 0.620. The van der Waals surface area contributed by atoms with E-state index in [2.05, 4.69) is 15.3 Å². The molecule has 0 aliphatic carbocycles. The number of aromatic amines is 1. The van der Waals surface area contributed by atoms with Crippen LogP contribution in [0.25, 0.3) is 0 Å². The Balaban J connectivity index is 1.90. The van der Waals surface area contributed by atoms with Gasteiger partial charge >= 0.3 is 0 Å². The molecule has 2 rings (SSSR count). The highest BCUT2D eigenvalue weighted by Crippen LogP contribution is 2.15. The third-order valence-electron chi connectivity index (χ3n) is 3.33. The van der Waals surface area contributed by atoms with E-state index in [1.165, 1.54) is 11.8 Å². The normalized spacial score (nSPS) is 10.6. The van der Waals surface area contributed by atoms with E-state index in [0.29, 0.717) is 34.4 Å². The Morgan fingerprint density at radius 1 is 1.39 bits per heavy atom. The lowest BCUT2D eigenvalue weighted by Gasteiger charge is -2.07. The summed E-state index contributed by atoms with van der Waals surface area (Å²) < 4.78 is 0. The van der Waals surface area contributed by atoms with Gasteiger partial charge in [0.05, 0.1) is 5.75 Å². The summed E-state index contributed by atoms with van der Waals surface area (Å²) in [6.45, 7) is 4.08. The first-order chi connectivity index (χ1) is 11.0. The highest BCUT2D eigenvalue weighted by atomic mass is 35.5. The van der Waals surface area contributed by atoms with Gasteiger partial charge in [-0.1, -0.05) is 48.5 Å². The zero-order valence-electron chi connectivity index (χ0n) is 13.0. The fourth-order valence-electron chi connectivity index (χ4n) is 2.09. The number of carbonyl (C=O) groups is 1. The van der Waals surface area contributed by atoms with Crippen molar-refractivity contribution in [2.45, 2.75) is 32.0 Å². The summed E-state index contributed by atoms with van der Waals surface area (Å²) in [6.07, 6.45) is 0.636. The van der Waals surface area contributed by atoms with Crippen molar-refractivity contribution >= 4 is 29.3 Å². The van der Waals surface area contributed by atoms with Crippen LogP contribution in [0.1, 0.15) is 23.7 Å². The van der Waals surface area contributed by atoms with Crippen LogP contribution >= 0.6 is 23.4 Å². The van der Waals surface area contributed by atoms with Crippen molar-refractivity contribution in [3.63, 3.8) is 0 Å². The van der Waals surface area contributed by atoms with Crippen molar-refractivity contribution < 1.29 is 4.79 Å². The number of aromatic nitrogens is 2. The second-order valence-electron chi connectivity index (χ2n) is 4.95. The minimum atomic E-state index is -0.144. The maximum Gasteiger partial charge on any atom is 0.254 e. The molecule has 0 aliphatic heterocycles. The standard InChI is InChI=1S/C16H18ClN3O2S/c1-3-12-10(2)19-16(20-15(12)22)23-9-14(21)18-8-11-6-4-5-7-13(11)17/h4-7H,3,8-9H2,1-2H3,(H,18,21)(H,19,20,22). The fourth-order valence-corrected chi connectivity index (χ4v) is 3.03. The van der Waals surface area contributed by atoms with Crippen LogP contribution < -0.4 is 10.9 Å². The number of thioether (sulfide) groups is 1. The molecule has 23 heavy (non-hydrogen) atoms. The van der Waals surface area contributed by atoms with Gasteiger partial charge in [0.1, 0.15) is 0 Å². The molecular weight excluding hydrogens is 334 g/mol. The van der Waals surface area contributed by atoms with Crippen LogP contribution in [-0.4, -0.2) is 21.6 Å². The molecule has 1 aromatic carbocycles. The predicted molar refractivity (Wildman–Crippen MR) is 93.0 cm³/mol. The molecule has 1 amide bonds. The Morgan fingerprint density at radius 2 is 2.13 bits per heavy atom. The summed E-state index contributed by atoms with van der Waals surface area (Å²) in [7, 11) is 0. The van der Waals surface area contributed by atoms with Gasteiger partial charge in [0.15, 0.2) is 5.16 Å². The number of amides is 1. The number of hydrogen-bond donors (Lipinski definition) is 2. The Hall–Kier alpha value is -1.79. The van der Waals surface area contributed by atoms with Gasteiger partial charge < -0.3 is 10.3 Å². The highest BCUT2D eigenvalue weighted by molar-refractivity contribution is 7.99. The van der Waals surface area contributed by atoms with Crippen LogP contribution in [0.2, 0.25) is 5.02 Å². The molecule has 5 nitrogen and oxygen atoms in total. The van der Waals surface area contributed by atoms with Gasteiger partial charge in [-0.05, 0) is 25.0 Å². The smallest absolute Gasteiger partial charge is 0.254 e. The molecule has 0 radical (unpaired) electrons. The SMILES string of the molecule is CCc1c(C)nc(SCC(=O)NCc2ccccc2Cl)[nH]c1=O. The van der Waals surface area contributed by atoms with Gasteiger partial charge in [0.2, 0.25) is 5.91 Å². The van der Waals surface area contributed by atoms with Gasteiger partial charge in [-0.25, -0.2) is 4.98 Å². The van der Waals surface area contributed by atoms with E-state index in [1.54, 1.807) is 13.0 Å². The molecule has 0 atom stereocenters. The predicted octanol–water partition coefficient (Wildman–Crippen LogP) is 2.70. The van der Waals surface area contributed by atoms with Gasteiger partial charge in [0, 0.05) is 22.8 Å². The number of nitrogens with one attached hydrogen (secondary N) is 2. The van der Waals surface area contributed by atoms with E-state index in [1.807, 2.05) is 25.1 Å². The van der Waals surface area contributed by atoms with Crippen LogP contribution in [0.4, 0.5) is 0 Å². The summed E-state index contributed by atoms with van der Waals surface area (Å²) in [6, 6.07) is 7.36. The van der Waals surface area contributed by atoms with Crippen LogP contribution in [-0.2, 0) is 17.8 Å². The van der Waals surface area contributed by atoms with E-state index in [-0.39, 0.29) is 17.2 Å². The van der Waals surface area contributed by atoms with E-state index in [0.717, 1.165) is 5.56 Å². The molecule has 0 saturated carbocycles. The Kier molecular flexibility index (Phi) is 6.24. The van der Waals surface area contributed by atoms with Crippen LogP contribution in [0, 0.1) is 6.92 Å². The maximum absolute atomic E-state index is 11.9. The number of H-pyrrole nitrogens is 1. The fraction of sp³-hybridized carbons (Fsp3) is 0.312. The maximum atomic E-state index is 11.9. The van der Waals surface area contributed by atoms with Gasteiger partial charge in [0.25, 0.3) is 5.56 Å². The molecule has 0 bridgehead atoms. The van der Waals surface area contributed by atoms with Gasteiger partial charge in [-0.2, -0.15) is 0 Å². The average molecular weight is 352 g/mol. The van der Waals surface area contributed by atoms with Crippen molar-refractivity contribution in [2.24, 2.45) is 0 Å². The number of aryl methyl sites for hydroxylation is 1. The van der Waals surface area contributed by atoms with E-state index in [4.69, 9.17) is 11.6 Å². The molecule has 0 saturated heterocycles. The molecule has 122 valence electrons. The third-order valence-corrected chi connectivity index (χ3v) is 4.57. The summed E-state index contributed by atoms with van der Waals surface area (Å²) in [5.41, 5.74) is 2.11. The topological polar surface area (TPSA) is 74.8 Å². The lowest BCUT2D eigenvalue weighted by atomic mass is 10.2. The van der Waals surface area contributed by atoms with Crippen LogP contribution in [0.3, 0.4) is 0 Å². The monoisotopic (exact) mass is 351 g/mol. The second-order valence-corrected chi connectivity index (χ2v) is 6.32. The summed E-state index contributed by atoms with van der Waals surface area (Å²) in [4.78, 5) is 30.8. The number of nitrogens with zero attached hydrogens (tertiary/aromatic N) is 1. The minimum absolute atomic E-state index is 0.140. The molecular formula is C16H18ClN3O2S. The average Bonchev–Trinajstić information content (AvgIpc) is 2.52. The Bertz CT molecular complexity index is 761. The van der Waals surface area contributed by atoms with Crippen LogP contribution in [0.15, 0.2) is 34.2 Å².